The van der Waals surface area contributed by atoms with Crippen molar-refractivity contribution >= 4 is 25.7 Å². The zero-order valence-corrected chi connectivity index (χ0v) is 39.2. The maximum atomic E-state index is 12.6. The molecule has 12 heteroatoms. The van der Waals surface area contributed by atoms with Gasteiger partial charge in [0.2, 0.25) is 0 Å². The van der Waals surface area contributed by atoms with E-state index in [4.69, 9.17) is 24.8 Å². The molecule has 0 aliphatic rings. The number of rotatable bonds is 46. The van der Waals surface area contributed by atoms with Crippen LogP contribution in [0.1, 0.15) is 232 Å². The van der Waals surface area contributed by atoms with Crippen LogP contribution in [0.25, 0.3) is 0 Å². The molecule has 0 amide bonds. The summed E-state index contributed by atoms with van der Waals surface area (Å²) in [4.78, 5) is 46.0. The average Bonchev–Trinajstić information content (AvgIpc) is 3.22. The van der Waals surface area contributed by atoms with Crippen LogP contribution in [0.5, 0.6) is 0 Å². The molecule has 0 heterocycles. The molecular weight excluding hydrogens is 781 g/mol. The summed E-state index contributed by atoms with van der Waals surface area (Å²) in [5, 5.41) is 8.90. The van der Waals surface area contributed by atoms with Crippen molar-refractivity contribution in [2.45, 2.75) is 244 Å². The standard InChI is InChI=1S/C48H90NO10P/c1-3-5-7-9-11-13-15-17-19-20-21-22-23-24-26-27-29-31-33-35-37-39-46(50)56-41-44(42-57-60(54,55)58-43-45(49)48(52)53)59-47(51)40-38-36-34-32-30-28-25-18-16-14-12-10-8-6-4-2/h17,19,34,36,44-45H,3-16,18,20-33,35,37-43,49H2,1-2H3,(H,52,53)(H,54,55)/b19-17+,36-34+/t44-,45-/m0/s1. The number of carboxylic acids is 1. The van der Waals surface area contributed by atoms with Crippen molar-refractivity contribution in [2.75, 3.05) is 19.8 Å². The van der Waals surface area contributed by atoms with Crippen LogP contribution < -0.4 is 5.73 Å². The minimum Gasteiger partial charge on any atom is -0.480 e. The van der Waals surface area contributed by atoms with Crippen LogP contribution in [0.2, 0.25) is 0 Å². The highest BCUT2D eigenvalue weighted by Crippen LogP contribution is 2.43. The van der Waals surface area contributed by atoms with Gasteiger partial charge in [-0.2, -0.15) is 0 Å². The number of allylic oxidation sites excluding steroid dienone is 4. The lowest BCUT2D eigenvalue weighted by atomic mass is 10.0. The van der Waals surface area contributed by atoms with E-state index >= 15 is 0 Å². The summed E-state index contributed by atoms with van der Waals surface area (Å²) in [7, 11) is -4.72. The number of ether oxygens (including phenoxy) is 2. The monoisotopic (exact) mass is 872 g/mol. The molecule has 0 radical (unpaired) electrons. The van der Waals surface area contributed by atoms with E-state index in [9.17, 15) is 23.8 Å². The van der Waals surface area contributed by atoms with E-state index < -0.39 is 51.1 Å². The highest BCUT2D eigenvalue weighted by molar-refractivity contribution is 7.47. The number of nitrogens with two attached hydrogens (primary N) is 1. The fraction of sp³-hybridized carbons (Fsp3) is 0.854. The van der Waals surface area contributed by atoms with E-state index in [1.54, 1.807) is 0 Å². The van der Waals surface area contributed by atoms with E-state index in [0.29, 0.717) is 12.8 Å². The molecule has 1 unspecified atom stereocenters. The van der Waals surface area contributed by atoms with E-state index in [1.807, 2.05) is 6.08 Å². The molecule has 0 saturated carbocycles. The minimum absolute atomic E-state index is 0.0806. The number of carboxylic acid groups (broad SMARTS) is 1. The molecule has 3 atom stereocenters. The largest absolute Gasteiger partial charge is 0.480 e. The van der Waals surface area contributed by atoms with Crippen molar-refractivity contribution in [3.05, 3.63) is 24.3 Å². The van der Waals surface area contributed by atoms with Gasteiger partial charge in [0.25, 0.3) is 0 Å². The second kappa shape index (κ2) is 43.6. The van der Waals surface area contributed by atoms with Gasteiger partial charge in [-0.15, -0.1) is 0 Å². The average molecular weight is 872 g/mol. The smallest absolute Gasteiger partial charge is 0.472 e. The molecule has 0 bridgehead atoms. The van der Waals surface area contributed by atoms with Crippen LogP contribution in [0.3, 0.4) is 0 Å². The third-order valence-electron chi connectivity index (χ3n) is 10.7. The van der Waals surface area contributed by atoms with Gasteiger partial charge in [-0.25, -0.2) is 4.57 Å². The van der Waals surface area contributed by atoms with E-state index in [0.717, 1.165) is 32.1 Å². The van der Waals surface area contributed by atoms with E-state index in [1.165, 1.54) is 161 Å². The molecule has 0 fully saturated rings. The molecule has 0 aromatic rings. The highest BCUT2D eigenvalue weighted by atomic mass is 31.2. The normalized spacial score (nSPS) is 13.8. The Labute approximate surface area is 366 Å². The number of hydrogen-bond donors (Lipinski definition) is 3. The predicted octanol–water partition coefficient (Wildman–Crippen LogP) is 13.4. The molecular formula is C48H90NO10P. The maximum absolute atomic E-state index is 12.6. The van der Waals surface area contributed by atoms with Crippen LogP contribution in [-0.4, -0.2) is 59.9 Å². The molecule has 60 heavy (non-hydrogen) atoms. The van der Waals surface area contributed by atoms with Crippen molar-refractivity contribution in [1.82, 2.24) is 0 Å². The van der Waals surface area contributed by atoms with Gasteiger partial charge in [-0.05, 0) is 51.4 Å². The molecule has 0 aromatic heterocycles. The molecule has 0 aliphatic heterocycles. The fourth-order valence-corrected chi connectivity index (χ4v) is 7.62. The van der Waals surface area contributed by atoms with Crippen molar-refractivity contribution in [3.63, 3.8) is 0 Å². The lowest BCUT2D eigenvalue weighted by molar-refractivity contribution is -0.161. The van der Waals surface area contributed by atoms with Crippen LogP contribution in [0.4, 0.5) is 0 Å². The van der Waals surface area contributed by atoms with Crippen LogP contribution in [0.15, 0.2) is 24.3 Å². The number of carbonyl (C=O) groups excluding carboxylic acids is 2. The first kappa shape index (κ1) is 58.0. The third kappa shape index (κ3) is 42.6. The predicted molar refractivity (Wildman–Crippen MR) is 245 cm³/mol. The Kier molecular flexibility index (Phi) is 42.1. The molecule has 0 aromatic carbocycles. The van der Waals surface area contributed by atoms with Crippen LogP contribution in [0, 0.1) is 0 Å². The Morgan fingerprint density at radius 3 is 1.28 bits per heavy atom. The van der Waals surface area contributed by atoms with Crippen LogP contribution >= 0.6 is 7.82 Å². The summed E-state index contributed by atoms with van der Waals surface area (Å²) in [6.07, 6.45) is 46.8. The molecule has 352 valence electrons. The van der Waals surface area contributed by atoms with Gasteiger partial charge in [0.05, 0.1) is 13.2 Å². The second-order valence-electron chi connectivity index (χ2n) is 16.6. The van der Waals surface area contributed by atoms with Crippen LogP contribution in [-0.2, 0) is 37.5 Å². The van der Waals surface area contributed by atoms with Crippen molar-refractivity contribution in [1.29, 1.82) is 0 Å². The Bertz CT molecular complexity index is 1120. The van der Waals surface area contributed by atoms with E-state index in [2.05, 4.69) is 36.6 Å². The minimum atomic E-state index is -4.72. The fourth-order valence-electron chi connectivity index (χ4n) is 6.84. The van der Waals surface area contributed by atoms with Gasteiger partial charge in [0.1, 0.15) is 12.6 Å². The number of carbonyl (C=O) groups is 3. The van der Waals surface area contributed by atoms with Crippen molar-refractivity contribution in [3.8, 4) is 0 Å². The number of hydrogen-bond acceptors (Lipinski definition) is 9. The maximum Gasteiger partial charge on any atom is 0.472 e. The summed E-state index contributed by atoms with van der Waals surface area (Å²) in [6.45, 7) is 2.79. The number of unbranched alkanes of at least 4 members (excludes halogenated alkanes) is 28. The zero-order valence-electron chi connectivity index (χ0n) is 38.3. The van der Waals surface area contributed by atoms with Gasteiger partial charge >= 0.3 is 25.7 Å². The highest BCUT2D eigenvalue weighted by Gasteiger charge is 2.28. The van der Waals surface area contributed by atoms with Gasteiger partial charge in [0.15, 0.2) is 6.10 Å². The second-order valence-corrected chi connectivity index (χ2v) is 18.0. The number of phosphoric acid groups is 1. The van der Waals surface area contributed by atoms with Crippen molar-refractivity contribution < 1.29 is 47.5 Å². The van der Waals surface area contributed by atoms with E-state index in [-0.39, 0.29) is 19.4 Å². The Morgan fingerprint density at radius 1 is 0.500 bits per heavy atom. The molecule has 0 rings (SSSR count). The quantitative estimate of drug-likeness (QED) is 0.0230. The van der Waals surface area contributed by atoms with Gasteiger partial charge in [-0.3, -0.25) is 23.4 Å². The number of aliphatic carboxylic acids is 1. The Balaban J connectivity index is 4.26. The van der Waals surface area contributed by atoms with Gasteiger partial charge in [0, 0.05) is 12.8 Å². The SMILES string of the molecule is CCCCCCCC/C=C/CCCCCCCCCCCCCC(=O)OC[C@@H](COP(=O)(O)OC[C@H](N)C(=O)O)OC(=O)CC/C=C/CCCCCCCCCCCCC. The summed E-state index contributed by atoms with van der Waals surface area (Å²) in [5.74, 6) is -2.43. The Morgan fingerprint density at radius 2 is 0.867 bits per heavy atom. The molecule has 4 N–H and O–H groups in total. The van der Waals surface area contributed by atoms with Crippen molar-refractivity contribution in [2.24, 2.45) is 5.73 Å². The lowest BCUT2D eigenvalue weighted by Crippen LogP contribution is -2.34. The topological polar surface area (TPSA) is 172 Å². The van der Waals surface area contributed by atoms with Gasteiger partial charge < -0.3 is 25.2 Å². The first-order chi connectivity index (χ1) is 29.1. The third-order valence-corrected chi connectivity index (χ3v) is 11.6. The summed E-state index contributed by atoms with van der Waals surface area (Å²) < 4.78 is 32.7. The first-order valence-electron chi connectivity index (χ1n) is 24.4. The lowest BCUT2D eigenvalue weighted by Gasteiger charge is -2.20. The first-order valence-corrected chi connectivity index (χ1v) is 25.9. The molecule has 0 spiro atoms. The Hall–Kier alpha value is -2.04. The summed E-state index contributed by atoms with van der Waals surface area (Å²) in [5.41, 5.74) is 5.34. The summed E-state index contributed by atoms with van der Waals surface area (Å²) in [6, 6.07) is -1.52. The molecule has 0 saturated heterocycles. The zero-order chi connectivity index (χ0) is 44.2. The summed E-state index contributed by atoms with van der Waals surface area (Å²) >= 11 is 0. The number of esters is 2. The van der Waals surface area contributed by atoms with Gasteiger partial charge in [-0.1, -0.05) is 192 Å². The number of phosphoric ester groups is 1. The molecule has 11 nitrogen and oxygen atoms in total. The molecule has 0 aliphatic carbocycles.